The van der Waals surface area contributed by atoms with E-state index in [4.69, 9.17) is 0 Å². The number of aliphatic hydroxyl groups is 1. The number of imide groups is 1. The number of carbonyl (C=O) groups is 2. The smallest absolute Gasteiger partial charge is 0.272 e. The molecule has 16 heavy (non-hydrogen) atoms. The standard InChI is InChI=1S/C11H10N2O3/c14-8-12(9-4-2-1-3-5-9)13-10(15)6-7-11(13)16/h1-7,14H,8H2. The first-order valence-electron chi connectivity index (χ1n) is 4.73. The number of hydrazine groups is 1. The van der Waals surface area contributed by atoms with Crippen LogP contribution in [0.25, 0.3) is 0 Å². The van der Waals surface area contributed by atoms with Crippen molar-refractivity contribution in [2.24, 2.45) is 0 Å². The van der Waals surface area contributed by atoms with E-state index in [2.05, 4.69) is 0 Å². The predicted octanol–water partition coefficient (Wildman–Crippen LogP) is 0.283. The van der Waals surface area contributed by atoms with Gasteiger partial charge in [0, 0.05) is 12.2 Å². The van der Waals surface area contributed by atoms with Gasteiger partial charge in [-0.2, -0.15) is 5.01 Å². The van der Waals surface area contributed by atoms with Crippen LogP contribution in [0.5, 0.6) is 0 Å². The first kappa shape index (κ1) is 10.4. The number of aliphatic hydroxyl groups excluding tert-OH is 1. The van der Waals surface area contributed by atoms with Crippen LogP contribution in [0, 0.1) is 0 Å². The third kappa shape index (κ3) is 1.68. The van der Waals surface area contributed by atoms with Gasteiger partial charge in [0.15, 0.2) is 0 Å². The zero-order valence-electron chi connectivity index (χ0n) is 8.41. The quantitative estimate of drug-likeness (QED) is 0.585. The van der Waals surface area contributed by atoms with Crippen molar-refractivity contribution in [3.05, 3.63) is 42.5 Å². The molecule has 0 fully saturated rings. The predicted molar refractivity (Wildman–Crippen MR) is 57.0 cm³/mol. The molecular weight excluding hydrogens is 208 g/mol. The number of amides is 2. The number of carbonyl (C=O) groups excluding carboxylic acids is 2. The Morgan fingerprint density at radius 3 is 2.12 bits per heavy atom. The van der Waals surface area contributed by atoms with E-state index in [-0.39, 0.29) is 0 Å². The van der Waals surface area contributed by atoms with Crippen molar-refractivity contribution in [2.75, 3.05) is 11.7 Å². The van der Waals surface area contributed by atoms with Gasteiger partial charge in [-0.3, -0.25) is 9.59 Å². The number of para-hydroxylation sites is 1. The van der Waals surface area contributed by atoms with Crippen LogP contribution in [0.1, 0.15) is 0 Å². The number of nitrogens with zero attached hydrogens (tertiary/aromatic N) is 2. The number of hydrogen-bond acceptors (Lipinski definition) is 4. The summed E-state index contributed by atoms with van der Waals surface area (Å²) in [5.74, 6) is -0.911. The van der Waals surface area contributed by atoms with E-state index in [1.54, 1.807) is 24.3 Å². The van der Waals surface area contributed by atoms with Gasteiger partial charge in [0.1, 0.15) is 6.73 Å². The highest BCUT2D eigenvalue weighted by Gasteiger charge is 2.29. The van der Waals surface area contributed by atoms with Gasteiger partial charge in [0.2, 0.25) is 0 Å². The molecule has 1 N–H and O–H groups in total. The molecule has 0 bridgehead atoms. The second-order valence-corrected chi connectivity index (χ2v) is 3.20. The summed E-state index contributed by atoms with van der Waals surface area (Å²) in [7, 11) is 0. The second kappa shape index (κ2) is 4.16. The van der Waals surface area contributed by atoms with Gasteiger partial charge in [0.25, 0.3) is 11.8 Å². The molecule has 5 heteroatoms. The molecule has 1 aromatic rings. The van der Waals surface area contributed by atoms with Crippen molar-refractivity contribution in [3.8, 4) is 0 Å². The summed E-state index contributed by atoms with van der Waals surface area (Å²) in [5, 5.41) is 11.3. The summed E-state index contributed by atoms with van der Waals surface area (Å²) in [4.78, 5) is 22.8. The average molecular weight is 218 g/mol. The lowest BCUT2D eigenvalue weighted by molar-refractivity contribution is -0.138. The molecule has 0 atom stereocenters. The molecule has 1 aliphatic rings. The number of benzene rings is 1. The molecule has 1 aliphatic heterocycles. The molecule has 5 nitrogen and oxygen atoms in total. The molecule has 2 rings (SSSR count). The topological polar surface area (TPSA) is 60.9 Å². The molecule has 0 aromatic heterocycles. The first-order chi connectivity index (χ1) is 7.74. The Hall–Kier alpha value is -2.14. The third-order valence-electron chi connectivity index (χ3n) is 2.22. The Morgan fingerprint density at radius 1 is 1.06 bits per heavy atom. The SMILES string of the molecule is O=C1C=CC(=O)N1N(CO)c1ccccc1. The van der Waals surface area contributed by atoms with Crippen molar-refractivity contribution in [1.82, 2.24) is 5.01 Å². The summed E-state index contributed by atoms with van der Waals surface area (Å²) in [6, 6.07) is 8.74. The number of anilines is 1. The molecule has 0 radical (unpaired) electrons. The van der Waals surface area contributed by atoms with Gasteiger partial charge in [-0.15, -0.1) is 0 Å². The van der Waals surface area contributed by atoms with Gasteiger partial charge in [-0.1, -0.05) is 18.2 Å². The minimum absolute atomic E-state index is 0.441. The molecule has 1 heterocycles. The van der Waals surface area contributed by atoms with E-state index in [1.807, 2.05) is 6.07 Å². The van der Waals surface area contributed by atoms with E-state index in [1.165, 1.54) is 17.2 Å². The van der Waals surface area contributed by atoms with Gasteiger partial charge >= 0.3 is 0 Å². The van der Waals surface area contributed by atoms with Crippen molar-refractivity contribution in [3.63, 3.8) is 0 Å². The Balaban J connectivity index is 2.31. The fourth-order valence-electron chi connectivity index (χ4n) is 1.49. The molecule has 0 aliphatic carbocycles. The van der Waals surface area contributed by atoms with Crippen molar-refractivity contribution < 1.29 is 14.7 Å². The van der Waals surface area contributed by atoms with Crippen LogP contribution in [0.2, 0.25) is 0 Å². The summed E-state index contributed by atoms with van der Waals surface area (Å²) in [6.45, 7) is -0.441. The van der Waals surface area contributed by atoms with Crippen LogP contribution in [-0.4, -0.2) is 28.7 Å². The van der Waals surface area contributed by atoms with E-state index in [0.717, 1.165) is 5.01 Å². The molecule has 0 saturated heterocycles. The number of rotatable bonds is 3. The van der Waals surface area contributed by atoms with Crippen LogP contribution in [0.4, 0.5) is 5.69 Å². The lowest BCUT2D eigenvalue weighted by Gasteiger charge is -2.29. The minimum atomic E-state index is -0.456. The lowest BCUT2D eigenvalue weighted by Crippen LogP contribution is -2.47. The summed E-state index contributed by atoms with van der Waals surface area (Å²) >= 11 is 0. The van der Waals surface area contributed by atoms with Crippen LogP contribution < -0.4 is 5.01 Å². The molecular formula is C11H10N2O3. The van der Waals surface area contributed by atoms with Crippen LogP contribution in [0.15, 0.2) is 42.5 Å². The van der Waals surface area contributed by atoms with E-state index in [0.29, 0.717) is 5.69 Å². The molecule has 0 spiro atoms. The monoisotopic (exact) mass is 218 g/mol. The van der Waals surface area contributed by atoms with Crippen molar-refractivity contribution in [1.29, 1.82) is 0 Å². The maximum atomic E-state index is 11.4. The molecule has 0 saturated carbocycles. The minimum Gasteiger partial charge on any atom is -0.375 e. The summed E-state index contributed by atoms with van der Waals surface area (Å²) < 4.78 is 0. The molecule has 82 valence electrons. The summed E-state index contributed by atoms with van der Waals surface area (Å²) in [5.41, 5.74) is 0.579. The molecule has 2 amide bonds. The zero-order chi connectivity index (χ0) is 11.5. The van der Waals surface area contributed by atoms with E-state index in [9.17, 15) is 14.7 Å². The maximum Gasteiger partial charge on any atom is 0.272 e. The highest BCUT2D eigenvalue weighted by molar-refractivity contribution is 6.13. The van der Waals surface area contributed by atoms with Gasteiger partial charge in [-0.25, -0.2) is 5.01 Å². The Kier molecular flexibility index (Phi) is 2.70. The molecule has 1 aromatic carbocycles. The lowest BCUT2D eigenvalue weighted by atomic mass is 10.3. The Labute approximate surface area is 92.2 Å². The van der Waals surface area contributed by atoms with Crippen molar-refractivity contribution >= 4 is 17.5 Å². The number of hydrogen-bond donors (Lipinski definition) is 1. The normalized spacial score (nSPS) is 14.7. The first-order valence-corrected chi connectivity index (χ1v) is 4.73. The molecule has 0 unspecified atom stereocenters. The second-order valence-electron chi connectivity index (χ2n) is 3.20. The van der Waals surface area contributed by atoms with Crippen LogP contribution in [0.3, 0.4) is 0 Å². The van der Waals surface area contributed by atoms with E-state index >= 15 is 0 Å². The highest BCUT2D eigenvalue weighted by Crippen LogP contribution is 2.18. The average Bonchev–Trinajstić information content (AvgIpc) is 2.63. The van der Waals surface area contributed by atoms with Crippen LogP contribution >= 0.6 is 0 Å². The van der Waals surface area contributed by atoms with Crippen LogP contribution in [-0.2, 0) is 9.59 Å². The Bertz CT molecular complexity index is 424. The Morgan fingerprint density at radius 2 is 1.62 bits per heavy atom. The fourth-order valence-corrected chi connectivity index (χ4v) is 1.49. The van der Waals surface area contributed by atoms with Gasteiger partial charge < -0.3 is 5.11 Å². The zero-order valence-corrected chi connectivity index (χ0v) is 8.41. The third-order valence-corrected chi connectivity index (χ3v) is 2.22. The van der Waals surface area contributed by atoms with Gasteiger partial charge in [0.05, 0.1) is 5.69 Å². The largest absolute Gasteiger partial charge is 0.375 e. The maximum absolute atomic E-state index is 11.4. The summed E-state index contributed by atoms with van der Waals surface area (Å²) in [6.07, 6.45) is 2.35. The van der Waals surface area contributed by atoms with Gasteiger partial charge in [-0.05, 0) is 12.1 Å². The van der Waals surface area contributed by atoms with E-state index < -0.39 is 18.5 Å². The fraction of sp³-hybridized carbons (Fsp3) is 0.0909. The highest BCUT2D eigenvalue weighted by atomic mass is 16.3. The van der Waals surface area contributed by atoms with Crippen molar-refractivity contribution in [2.45, 2.75) is 0 Å².